The van der Waals surface area contributed by atoms with Crippen molar-refractivity contribution < 1.29 is 14.3 Å². The predicted octanol–water partition coefficient (Wildman–Crippen LogP) is 1.51. The first kappa shape index (κ1) is 19.4. The molecule has 120 valence electrons. The Morgan fingerprint density at radius 1 is 1.15 bits per heavy atom. The van der Waals surface area contributed by atoms with Crippen LogP contribution in [0.15, 0.2) is 0 Å². The Bertz CT molecular complexity index is 247. The fourth-order valence-corrected chi connectivity index (χ4v) is 2.27. The lowest BCUT2D eigenvalue weighted by Gasteiger charge is -2.25. The lowest BCUT2D eigenvalue weighted by Crippen LogP contribution is -2.37. The van der Waals surface area contributed by atoms with Crippen molar-refractivity contribution in [2.45, 2.75) is 33.1 Å². The van der Waals surface area contributed by atoms with Gasteiger partial charge in [0.25, 0.3) is 0 Å². The zero-order chi connectivity index (χ0) is 15.4. The number of nitrogens with zero attached hydrogens (tertiary/aromatic N) is 1. The van der Waals surface area contributed by atoms with E-state index in [-0.39, 0.29) is 11.8 Å². The second kappa shape index (κ2) is 12.1. The first-order chi connectivity index (χ1) is 9.54. The van der Waals surface area contributed by atoms with Crippen molar-refractivity contribution in [2.24, 2.45) is 17.6 Å². The molecule has 0 aromatic carbocycles. The van der Waals surface area contributed by atoms with Crippen LogP contribution in [0.3, 0.4) is 0 Å². The Hall–Kier alpha value is -0.650. The van der Waals surface area contributed by atoms with Crippen molar-refractivity contribution in [3.8, 4) is 0 Å². The molecule has 0 bridgehead atoms. The van der Waals surface area contributed by atoms with Gasteiger partial charge in [0.2, 0.25) is 5.91 Å². The quantitative estimate of drug-likeness (QED) is 0.553. The minimum atomic E-state index is 0.175. The third-order valence-corrected chi connectivity index (χ3v) is 3.30. The number of rotatable bonds is 12. The zero-order valence-corrected chi connectivity index (χ0v) is 13.6. The van der Waals surface area contributed by atoms with E-state index >= 15 is 0 Å². The van der Waals surface area contributed by atoms with Crippen LogP contribution in [0.2, 0.25) is 0 Å². The monoisotopic (exact) mass is 288 g/mol. The normalized spacial score (nSPS) is 12.7. The second-order valence-corrected chi connectivity index (χ2v) is 5.66. The molecule has 0 saturated carbocycles. The minimum absolute atomic E-state index is 0.175. The molecule has 1 unspecified atom stereocenters. The maximum atomic E-state index is 12.4. The molecular formula is C15H32N2O3. The Labute approximate surface area is 123 Å². The van der Waals surface area contributed by atoms with E-state index in [1.807, 2.05) is 4.90 Å². The van der Waals surface area contributed by atoms with E-state index in [4.69, 9.17) is 15.2 Å². The smallest absolute Gasteiger partial charge is 0.222 e. The van der Waals surface area contributed by atoms with Crippen LogP contribution >= 0.6 is 0 Å². The van der Waals surface area contributed by atoms with Crippen molar-refractivity contribution in [3.63, 3.8) is 0 Å². The van der Waals surface area contributed by atoms with Crippen LogP contribution in [0.25, 0.3) is 0 Å². The van der Waals surface area contributed by atoms with Gasteiger partial charge in [-0.1, -0.05) is 13.8 Å². The van der Waals surface area contributed by atoms with Crippen molar-refractivity contribution >= 4 is 5.91 Å². The highest BCUT2D eigenvalue weighted by molar-refractivity contribution is 5.76. The van der Waals surface area contributed by atoms with Gasteiger partial charge in [-0.2, -0.15) is 0 Å². The van der Waals surface area contributed by atoms with Crippen LogP contribution in [0.5, 0.6) is 0 Å². The number of nitrogens with two attached hydrogens (primary N) is 1. The van der Waals surface area contributed by atoms with E-state index < -0.39 is 0 Å². The summed E-state index contributed by atoms with van der Waals surface area (Å²) < 4.78 is 10.1. The SMILES string of the molecule is COCCCN(CCOC)C(=O)CC(CN)CC(C)C. The van der Waals surface area contributed by atoms with Crippen LogP contribution in [0.1, 0.15) is 33.1 Å². The molecule has 0 aliphatic rings. The Kier molecular flexibility index (Phi) is 11.7. The highest BCUT2D eigenvalue weighted by Gasteiger charge is 2.19. The molecule has 2 N–H and O–H groups in total. The van der Waals surface area contributed by atoms with Gasteiger partial charge in [-0.15, -0.1) is 0 Å². The van der Waals surface area contributed by atoms with Gasteiger partial charge < -0.3 is 20.1 Å². The number of carbonyl (C=O) groups is 1. The van der Waals surface area contributed by atoms with Crippen LogP contribution in [0, 0.1) is 11.8 Å². The first-order valence-electron chi connectivity index (χ1n) is 7.50. The third-order valence-electron chi connectivity index (χ3n) is 3.30. The lowest BCUT2D eigenvalue weighted by atomic mass is 9.94. The number of hydrogen-bond donors (Lipinski definition) is 1. The molecule has 0 aromatic rings. The number of carbonyl (C=O) groups excluding carboxylic acids is 1. The molecule has 0 fully saturated rings. The molecule has 0 saturated heterocycles. The van der Waals surface area contributed by atoms with Gasteiger partial charge in [-0.05, 0) is 31.2 Å². The molecule has 5 nitrogen and oxygen atoms in total. The van der Waals surface area contributed by atoms with Crippen molar-refractivity contribution in [2.75, 3.05) is 47.1 Å². The first-order valence-corrected chi connectivity index (χ1v) is 7.50. The summed E-state index contributed by atoms with van der Waals surface area (Å²) in [7, 11) is 3.33. The van der Waals surface area contributed by atoms with Crippen LogP contribution < -0.4 is 5.73 Å². The van der Waals surface area contributed by atoms with Gasteiger partial charge in [0.15, 0.2) is 0 Å². The minimum Gasteiger partial charge on any atom is -0.385 e. The fourth-order valence-electron chi connectivity index (χ4n) is 2.27. The fraction of sp³-hybridized carbons (Fsp3) is 0.933. The molecule has 0 aliphatic heterocycles. The number of ether oxygens (including phenoxy) is 2. The van der Waals surface area contributed by atoms with Gasteiger partial charge in [0.05, 0.1) is 6.61 Å². The molecule has 5 heteroatoms. The van der Waals surface area contributed by atoms with Gasteiger partial charge in [-0.25, -0.2) is 0 Å². The molecular weight excluding hydrogens is 256 g/mol. The summed E-state index contributed by atoms with van der Waals surface area (Å²) in [6, 6.07) is 0. The van der Waals surface area contributed by atoms with Gasteiger partial charge >= 0.3 is 0 Å². The molecule has 0 rings (SSSR count). The molecule has 0 radical (unpaired) electrons. The number of methoxy groups -OCH3 is 2. The van der Waals surface area contributed by atoms with Crippen LogP contribution in [-0.2, 0) is 14.3 Å². The molecule has 0 aromatic heterocycles. The molecule has 0 aliphatic carbocycles. The average Bonchev–Trinajstić information content (AvgIpc) is 2.41. The van der Waals surface area contributed by atoms with E-state index in [1.54, 1.807) is 14.2 Å². The van der Waals surface area contributed by atoms with Gasteiger partial charge in [-0.3, -0.25) is 4.79 Å². The van der Waals surface area contributed by atoms with Crippen molar-refractivity contribution in [1.29, 1.82) is 0 Å². The van der Waals surface area contributed by atoms with Crippen LogP contribution in [-0.4, -0.2) is 57.9 Å². The molecule has 0 heterocycles. The van der Waals surface area contributed by atoms with Crippen molar-refractivity contribution in [3.05, 3.63) is 0 Å². The topological polar surface area (TPSA) is 64.8 Å². The molecule has 0 spiro atoms. The summed E-state index contributed by atoms with van der Waals surface area (Å²) in [6.07, 6.45) is 2.38. The number of amides is 1. The van der Waals surface area contributed by atoms with E-state index in [0.29, 0.717) is 38.6 Å². The summed E-state index contributed by atoms with van der Waals surface area (Å²) >= 11 is 0. The van der Waals surface area contributed by atoms with E-state index in [9.17, 15) is 4.79 Å². The summed E-state index contributed by atoms with van der Waals surface area (Å²) in [5, 5.41) is 0. The third kappa shape index (κ3) is 9.28. The largest absolute Gasteiger partial charge is 0.385 e. The predicted molar refractivity (Wildman–Crippen MR) is 81.6 cm³/mol. The molecule has 20 heavy (non-hydrogen) atoms. The lowest BCUT2D eigenvalue weighted by molar-refractivity contribution is -0.133. The second-order valence-electron chi connectivity index (χ2n) is 5.66. The highest BCUT2D eigenvalue weighted by Crippen LogP contribution is 2.15. The Balaban J connectivity index is 4.34. The summed E-state index contributed by atoms with van der Waals surface area (Å²) in [6.45, 7) is 7.48. The summed E-state index contributed by atoms with van der Waals surface area (Å²) in [5.41, 5.74) is 5.78. The summed E-state index contributed by atoms with van der Waals surface area (Å²) in [4.78, 5) is 14.2. The van der Waals surface area contributed by atoms with E-state index in [1.165, 1.54) is 0 Å². The van der Waals surface area contributed by atoms with Gasteiger partial charge in [0, 0.05) is 40.3 Å². The van der Waals surface area contributed by atoms with Crippen molar-refractivity contribution in [1.82, 2.24) is 4.90 Å². The summed E-state index contributed by atoms with van der Waals surface area (Å²) in [5.74, 6) is 1.02. The molecule has 1 amide bonds. The van der Waals surface area contributed by atoms with Gasteiger partial charge in [0.1, 0.15) is 0 Å². The Morgan fingerprint density at radius 2 is 1.80 bits per heavy atom. The molecule has 1 atom stereocenters. The van der Waals surface area contributed by atoms with E-state index in [2.05, 4.69) is 13.8 Å². The van der Waals surface area contributed by atoms with Crippen LogP contribution in [0.4, 0.5) is 0 Å². The maximum absolute atomic E-state index is 12.4. The standard InChI is InChI=1S/C15H32N2O3/c1-13(2)10-14(12-16)11-15(18)17(7-9-20-4)6-5-8-19-3/h13-14H,5-12,16H2,1-4H3. The maximum Gasteiger partial charge on any atom is 0.222 e. The highest BCUT2D eigenvalue weighted by atomic mass is 16.5. The average molecular weight is 288 g/mol. The number of hydrogen-bond acceptors (Lipinski definition) is 4. The Morgan fingerprint density at radius 3 is 2.30 bits per heavy atom. The van der Waals surface area contributed by atoms with E-state index in [0.717, 1.165) is 19.4 Å². The zero-order valence-electron chi connectivity index (χ0n) is 13.6.